The van der Waals surface area contributed by atoms with Gasteiger partial charge in [0.25, 0.3) is 10.0 Å². The lowest BCUT2D eigenvalue weighted by Crippen LogP contribution is -2.14. The fourth-order valence-electron chi connectivity index (χ4n) is 3.15. The molecule has 0 radical (unpaired) electrons. The summed E-state index contributed by atoms with van der Waals surface area (Å²) in [6.45, 7) is 5.47. The minimum absolute atomic E-state index is 0.185. The Kier molecular flexibility index (Phi) is 6.35. The molecule has 2 N–H and O–H groups in total. The fraction of sp³-hybridized carbons (Fsp3) is 0.273. The zero-order valence-corrected chi connectivity index (χ0v) is 19.3. The molecule has 0 saturated carbocycles. The van der Waals surface area contributed by atoms with E-state index in [1.165, 1.54) is 7.11 Å². The summed E-state index contributed by atoms with van der Waals surface area (Å²) in [4.78, 5) is 10.9. The summed E-state index contributed by atoms with van der Waals surface area (Å²) in [6, 6.07) is 12.1. The van der Waals surface area contributed by atoms with E-state index in [9.17, 15) is 8.42 Å². The van der Waals surface area contributed by atoms with Crippen LogP contribution in [0.3, 0.4) is 0 Å². The van der Waals surface area contributed by atoms with E-state index in [0.29, 0.717) is 28.6 Å². The smallest absolute Gasteiger partial charge is 0.262 e. The van der Waals surface area contributed by atoms with Gasteiger partial charge in [0.05, 0.1) is 12.0 Å². The van der Waals surface area contributed by atoms with Gasteiger partial charge in [0.1, 0.15) is 23.2 Å². The van der Waals surface area contributed by atoms with Crippen molar-refractivity contribution in [2.75, 3.05) is 36.1 Å². The Balaban J connectivity index is 1.80. The Bertz CT molecular complexity index is 1190. The number of sulfonamides is 1. The molecule has 0 saturated heterocycles. The second kappa shape index (κ2) is 8.81. The van der Waals surface area contributed by atoms with Crippen LogP contribution in [0.1, 0.15) is 17.0 Å². The van der Waals surface area contributed by atoms with E-state index in [2.05, 4.69) is 20.0 Å². The van der Waals surface area contributed by atoms with Crippen molar-refractivity contribution < 1.29 is 13.2 Å². The minimum Gasteiger partial charge on any atom is -0.496 e. The van der Waals surface area contributed by atoms with Crippen molar-refractivity contribution in [2.45, 2.75) is 25.7 Å². The average molecular weight is 442 g/mol. The highest BCUT2D eigenvalue weighted by atomic mass is 32.2. The lowest BCUT2D eigenvalue weighted by Gasteiger charge is -2.15. The van der Waals surface area contributed by atoms with Gasteiger partial charge in [-0.1, -0.05) is 6.07 Å². The molecule has 9 heteroatoms. The first-order valence-corrected chi connectivity index (χ1v) is 11.2. The summed E-state index contributed by atoms with van der Waals surface area (Å²) in [5.41, 5.74) is 2.77. The summed E-state index contributed by atoms with van der Waals surface area (Å²) >= 11 is 0. The van der Waals surface area contributed by atoms with Crippen LogP contribution in [0.4, 0.5) is 23.0 Å². The molecule has 3 aromatic rings. The van der Waals surface area contributed by atoms with Gasteiger partial charge in [0.15, 0.2) is 0 Å². The van der Waals surface area contributed by atoms with Crippen molar-refractivity contribution in [1.29, 1.82) is 0 Å². The third-order valence-electron chi connectivity index (χ3n) is 4.67. The Morgan fingerprint density at radius 2 is 1.55 bits per heavy atom. The number of rotatable bonds is 7. The van der Waals surface area contributed by atoms with Gasteiger partial charge < -0.3 is 15.0 Å². The number of nitrogens with zero attached hydrogens (tertiary/aromatic N) is 3. The molecule has 0 aliphatic heterocycles. The Morgan fingerprint density at radius 1 is 0.903 bits per heavy atom. The zero-order valence-electron chi connectivity index (χ0n) is 18.5. The second-order valence-electron chi connectivity index (χ2n) is 7.45. The zero-order chi connectivity index (χ0) is 22.8. The predicted octanol–water partition coefficient (Wildman–Crippen LogP) is 4.02. The van der Waals surface area contributed by atoms with E-state index in [0.717, 1.165) is 17.1 Å². The molecular formula is C22H27N5O3S. The Labute approximate surface area is 183 Å². The molecule has 1 aromatic heterocycles. The molecule has 0 fully saturated rings. The van der Waals surface area contributed by atoms with Crippen LogP contribution in [-0.4, -0.2) is 39.6 Å². The maximum absolute atomic E-state index is 12.9. The van der Waals surface area contributed by atoms with Gasteiger partial charge in [-0.2, -0.15) is 0 Å². The highest BCUT2D eigenvalue weighted by Gasteiger charge is 2.19. The normalized spacial score (nSPS) is 11.2. The van der Waals surface area contributed by atoms with Crippen LogP contribution in [0.2, 0.25) is 0 Å². The van der Waals surface area contributed by atoms with Gasteiger partial charge in [-0.3, -0.25) is 4.72 Å². The molecule has 1 heterocycles. The first kappa shape index (κ1) is 22.4. The van der Waals surface area contributed by atoms with Crippen molar-refractivity contribution in [2.24, 2.45) is 0 Å². The molecule has 0 aliphatic rings. The van der Waals surface area contributed by atoms with Crippen molar-refractivity contribution in [1.82, 2.24) is 9.97 Å². The quantitative estimate of drug-likeness (QED) is 0.572. The Morgan fingerprint density at radius 3 is 2.16 bits per heavy atom. The number of methoxy groups -OCH3 is 1. The molecule has 31 heavy (non-hydrogen) atoms. The van der Waals surface area contributed by atoms with Gasteiger partial charge in [-0.05, 0) is 56.2 Å². The average Bonchev–Trinajstić information content (AvgIpc) is 2.68. The van der Waals surface area contributed by atoms with Crippen LogP contribution in [0.25, 0.3) is 0 Å². The molecule has 2 aromatic carbocycles. The number of ether oxygens (including phenoxy) is 1. The molecule has 0 amide bonds. The van der Waals surface area contributed by atoms with E-state index < -0.39 is 10.0 Å². The number of hydrogen-bond acceptors (Lipinski definition) is 7. The first-order valence-electron chi connectivity index (χ1n) is 9.67. The lowest BCUT2D eigenvalue weighted by atomic mass is 10.1. The van der Waals surface area contributed by atoms with Gasteiger partial charge >= 0.3 is 0 Å². The van der Waals surface area contributed by atoms with E-state index >= 15 is 0 Å². The molecule has 8 nitrogen and oxygen atoms in total. The van der Waals surface area contributed by atoms with Crippen LogP contribution in [0.5, 0.6) is 5.75 Å². The topological polar surface area (TPSA) is 96.5 Å². The fourth-order valence-corrected chi connectivity index (χ4v) is 4.45. The number of anilines is 4. The summed E-state index contributed by atoms with van der Waals surface area (Å²) < 4.78 is 33.7. The van der Waals surface area contributed by atoms with Crippen molar-refractivity contribution in [3.8, 4) is 5.75 Å². The number of hydrogen-bond donors (Lipinski definition) is 2. The molecular weight excluding hydrogens is 414 g/mol. The SMILES string of the molecule is COc1cc(S(=O)(=O)Nc2ccc(Nc3cc(N(C)C)nc(C)n3)cc2)c(C)cc1C. The molecule has 0 bridgehead atoms. The highest BCUT2D eigenvalue weighted by Crippen LogP contribution is 2.28. The van der Waals surface area contributed by atoms with Crippen LogP contribution < -0.4 is 19.7 Å². The van der Waals surface area contributed by atoms with E-state index in [-0.39, 0.29) is 4.90 Å². The van der Waals surface area contributed by atoms with Crippen molar-refractivity contribution in [3.63, 3.8) is 0 Å². The molecule has 0 atom stereocenters. The van der Waals surface area contributed by atoms with Gasteiger partial charge in [0, 0.05) is 37.6 Å². The highest BCUT2D eigenvalue weighted by molar-refractivity contribution is 7.92. The summed E-state index contributed by atoms with van der Waals surface area (Å²) in [5.74, 6) is 2.64. The van der Waals surface area contributed by atoms with E-state index in [4.69, 9.17) is 4.74 Å². The summed E-state index contributed by atoms with van der Waals surface area (Å²) in [6.07, 6.45) is 0. The van der Waals surface area contributed by atoms with Crippen LogP contribution in [0, 0.1) is 20.8 Å². The number of aryl methyl sites for hydroxylation is 3. The maximum Gasteiger partial charge on any atom is 0.262 e. The Hall–Kier alpha value is -3.33. The van der Waals surface area contributed by atoms with Crippen LogP contribution in [-0.2, 0) is 10.0 Å². The minimum atomic E-state index is -3.76. The third kappa shape index (κ3) is 5.24. The van der Waals surface area contributed by atoms with E-state index in [1.54, 1.807) is 43.3 Å². The maximum atomic E-state index is 12.9. The van der Waals surface area contributed by atoms with Crippen molar-refractivity contribution in [3.05, 3.63) is 59.4 Å². The van der Waals surface area contributed by atoms with Gasteiger partial charge in [0.2, 0.25) is 0 Å². The third-order valence-corrected chi connectivity index (χ3v) is 6.20. The van der Waals surface area contributed by atoms with Gasteiger partial charge in [-0.15, -0.1) is 0 Å². The summed E-state index contributed by atoms with van der Waals surface area (Å²) in [7, 11) is 1.59. The van der Waals surface area contributed by atoms with Crippen LogP contribution >= 0.6 is 0 Å². The summed E-state index contributed by atoms with van der Waals surface area (Å²) in [5, 5.41) is 3.22. The number of nitrogens with one attached hydrogen (secondary N) is 2. The largest absolute Gasteiger partial charge is 0.496 e. The van der Waals surface area contributed by atoms with Gasteiger partial charge in [-0.25, -0.2) is 18.4 Å². The molecule has 0 unspecified atom stereocenters. The van der Waals surface area contributed by atoms with Crippen LogP contribution in [0.15, 0.2) is 47.4 Å². The second-order valence-corrected chi connectivity index (χ2v) is 9.10. The monoisotopic (exact) mass is 441 g/mol. The predicted molar refractivity (Wildman–Crippen MR) is 124 cm³/mol. The molecule has 0 spiro atoms. The van der Waals surface area contributed by atoms with E-state index in [1.807, 2.05) is 38.9 Å². The number of benzene rings is 2. The first-order chi connectivity index (χ1) is 14.6. The van der Waals surface area contributed by atoms with Crippen molar-refractivity contribution >= 4 is 33.0 Å². The number of aromatic nitrogens is 2. The molecule has 164 valence electrons. The lowest BCUT2D eigenvalue weighted by molar-refractivity contribution is 0.410. The molecule has 3 rings (SSSR count). The standard InChI is InChI=1S/C22H27N5O3S/c1-14-11-15(2)20(12-19(14)30-6)31(28,29)26-18-9-7-17(8-10-18)25-21-13-22(27(4)5)24-16(3)23-21/h7-13,26H,1-6H3,(H,23,24,25). The molecule has 0 aliphatic carbocycles.